The van der Waals surface area contributed by atoms with Gasteiger partial charge in [0.15, 0.2) is 0 Å². The Balaban J connectivity index is 2.30. The predicted molar refractivity (Wildman–Crippen MR) is 80.5 cm³/mol. The van der Waals surface area contributed by atoms with E-state index in [0.717, 1.165) is 55.9 Å². The minimum Gasteiger partial charge on any atom is -0.370 e. The molecule has 0 radical (unpaired) electrons. The lowest BCUT2D eigenvalue weighted by atomic mass is 10.1. The fraction of sp³-hybridized carbons (Fsp3) is 0.733. The van der Waals surface area contributed by atoms with E-state index in [1.54, 1.807) is 4.57 Å². The van der Waals surface area contributed by atoms with Crippen LogP contribution in [-0.4, -0.2) is 22.0 Å². The van der Waals surface area contributed by atoms with Gasteiger partial charge in [-0.1, -0.05) is 13.3 Å². The number of halogens is 1. The van der Waals surface area contributed by atoms with Crippen molar-refractivity contribution >= 4 is 11.6 Å². The summed E-state index contributed by atoms with van der Waals surface area (Å²) in [5.74, 6) is 1.25. The van der Waals surface area contributed by atoms with Crippen molar-refractivity contribution in [3.8, 4) is 0 Å². The minimum atomic E-state index is -0.0354. The molecule has 1 aliphatic heterocycles. The largest absolute Gasteiger partial charge is 0.370 e. The predicted octanol–water partition coefficient (Wildman–Crippen LogP) is 2.98. The van der Waals surface area contributed by atoms with E-state index >= 15 is 0 Å². The summed E-state index contributed by atoms with van der Waals surface area (Å²) in [5, 5.41) is 0. The standard InChI is InChI=1S/C15H23ClN2O2/c1-3-4-10-20-13-6-5-9-18-14(13)17-11(2)12(7-8-16)15(18)19/h13H,3-10H2,1-2H3. The molecule has 0 amide bonds. The Bertz CT molecular complexity index is 513. The van der Waals surface area contributed by atoms with Gasteiger partial charge in [0.1, 0.15) is 11.9 Å². The molecular formula is C15H23ClN2O2. The van der Waals surface area contributed by atoms with E-state index in [-0.39, 0.29) is 11.7 Å². The van der Waals surface area contributed by atoms with Gasteiger partial charge in [-0.2, -0.15) is 0 Å². The summed E-state index contributed by atoms with van der Waals surface area (Å²) in [6.07, 6.45) is 4.62. The second kappa shape index (κ2) is 7.23. The van der Waals surface area contributed by atoms with Gasteiger partial charge in [-0.05, 0) is 32.6 Å². The first-order chi connectivity index (χ1) is 9.69. The van der Waals surface area contributed by atoms with Crippen molar-refractivity contribution in [2.24, 2.45) is 0 Å². The Kier molecular flexibility index (Phi) is 5.61. The highest BCUT2D eigenvalue weighted by atomic mass is 35.5. The molecule has 0 N–H and O–H groups in total. The molecule has 0 aliphatic carbocycles. The maximum atomic E-state index is 12.5. The molecule has 2 rings (SSSR count). The molecule has 0 fully saturated rings. The summed E-state index contributed by atoms with van der Waals surface area (Å²) in [5.41, 5.74) is 1.61. The van der Waals surface area contributed by atoms with Crippen LogP contribution in [0, 0.1) is 6.92 Å². The Hall–Kier alpha value is -0.870. The van der Waals surface area contributed by atoms with Crippen LogP contribution in [0.3, 0.4) is 0 Å². The number of ether oxygens (including phenoxy) is 1. The number of hydrogen-bond acceptors (Lipinski definition) is 3. The highest BCUT2D eigenvalue weighted by Crippen LogP contribution is 2.26. The van der Waals surface area contributed by atoms with Crippen molar-refractivity contribution in [2.45, 2.75) is 58.6 Å². The monoisotopic (exact) mass is 298 g/mol. The molecule has 5 heteroatoms. The van der Waals surface area contributed by atoms with E-state index in [2.05, 4.69) is 11.9 Å². The molecular weight excluding hydrogens is 276 g/mol. The zero-order valence-electron chi connectivity index (χ0n) is 12.3. The number of alkyl halides is 1. The first kappa shape index (κ1) is 15.5. The fourth-order valence-corrected chi connectivity index (χ4v) is 2.85. The Labute approximate surface area is 125 Å². The van der Waals surface area contributed by atoms with E-state index < -0.39 is 0 Å². The molecule has 0 saturated carbocycles. The van der Waals surface area contributed by atoms with E-state index in [0.29, 0.717) is 12.3 Å². The summed E-state index contributed by atoms with van der Waals surface area (Å²) in [6.45, 7) is 5.51. The SMILES string of the molecule is CCCCOC1CCCn2c1nc(C)c(CCCl)c2=O. The maximum absolute atomic E-state index is 12.5. The number of hydrogen-bond donors (Lipinski definition) is 0. The molecule has 1 unspecified atom stereocenters. The second-order valence-corrected chi connectivity index (χ2v) is 5.66. The molecule has 0 spiro atoms. The smallest absolute Gasteiger partial charge is 0.257 e. The molecule has 0 bridgehead atoms. The number of rotatable bonds is 6. The second-order valence-electron chi connectivity index (χ2n) is 5.28. The third-order valence-electron chi connectivity index (χ3n) is 3.80. The zero-order valence-corrected chi connectivity index (χ0v) is 13.1. The van der Waals surface area contributed by atoms with E-state index in [1.807, 2.05) is 6.92 Å². The lowest BCUT2D eigenvalue weighted by molar-refractivity contribution is 0.0245. The van der Waals surface area contributed by atoms with Gasteiger partial charge < -0.3 is 4.74 Å². The summed E-state index contributed by atoms with van der Waals surface area (Å²) in [6, 6.07) is 0. The van der Waals surface area contributed by atoms with Crippen LogP contribution in [0.2, 0.25) is 0 Å². The minimum absolute atomic E-state index is 0.0354. The maximum Gasteiger partial charge on any atom is 0.257 e. The van der Waals surface area contributed by atoms with E-state index in [9.17, 15) is 4.79 Å². The van der Waals surface area contributed by atoms with Crippen molar-refractivity contribution in [3.63, 3.8) is 0 Å². The lowest BCUT2D eigenvalue weighted by Crippen LogP contribution is -2.34. The van der Waals surface area contributed by atoms with Gasteiger partial charge in [0.2, 0.25) is 0 Å². The normalized spacial score (nSPS) is 18.1. The number of unbranched alkanes of at least 4 members (excludes halogenated alkanes) is 1. The van der Waals surface area contributed by atoms with Crippen LogP contribution in [0.1, 0.15) is 55.8 Å². The van der Waals surface area contributed by atoms with Gasteiger partial charge in [0, 0.05) is 30.3 Å². The van der Waals surface area contributed by atoms with Crippen LogP contribution in [0.25, 0.3) is 0 Å². The van der Waals surface area contributed by atoms with Crippen molar-refractivity contribution in [2.75, 3.05) is 12.5 Å². The summed E-state index contributed by atoms with van der Waals surface area (Å²) in [4.78, 5) is 17.1. The molecule has 20 heavy (non-hydrogen) atoms. The highest BCUT2D eigenvalue weighted by molar-refractivity contribution is 6.17. The molecule has 112 valence electrons. The Morgan fingerprint density at radius 3 is 3.00 bits per heavy atom. The molecule has 0 aromatic carbocycles. The molecule has 0 saturated heterocycles. The third-order valence-corrected chi connectivity index (χ3v) is 3.99. The topological polar surface area (TPSA) is 44.1 Å². The summed E-state index contributed by atoms with van der Waals surface area (Å²) >= 11 is 5.78. The average Bonchev–Trinajstić information content (AvgIpc) is 2.44. The van der Waals surface area contributed by atoms with Crippen molar-refractivity contribution < 1.29 is 4.74 Å². The van der Waals surface area contributed by atoms with Gasteiger partial charge in [-0.3, -0.25) is 9.36 Å². The van der Waals surface area contributed by atoms with Gasteiger partial charge in [-0.25, -0.2) is 4.98 Å². The van der Waals surface area contributed by atoms with Crippen LogP contribution in [0.15, 0.2) is 4.79 Å². The van der Waals surface area contributed by atoms with Crippen LogP contribution >= 0.6 is 11.6 Å². The van der Waals surface area contributed by atoms with Gasteiger partial charge in [0.25, 0.3) is 5.56 Å². The quantitative estimate of drug-likeness (QED) is 0.599. The molecule has 1 atom stereocenters. The van der Waals surface area contributed by atoms with Gasteiger partial charge >= 0.3 is 0 Å². The number of aryl methyl sites for hydroxylation is 1. The fourth-order valence-electron chi connectivity index (χ4n) is 2.66. The van der Waals surface area contributed by atoms with Crippen molar-refractivity contribution in [1.29, 1.82) is 0 Å². The number of aromatic nitrogens is 2. The Morgan fingerprint density at radius 2 is 2.30 bits per heavy atom. The zero-order chi connectivity index (χ0) is 14.5. The van der Waals surface area contributed by atoms with E-state index in [4.69, 9.17) is 16.3 Å². The van der Waals surface area contributed by atoms with Gasteiger partial charge in [-0.15, -0.1) is 11.6 Å². The van der Waals surface area contributed by atoms with Crippen molar-refractivity contribution in [1.82, 2.24) is 9.55 Å². The van der Waals surface area contributed by atoms with Crippen LogP contribution < -0.4 is 5.56 Å². The molecule has 1 aliphatic rings. The number of fused-ring (bicyclic) bond motifs is 1. The van der Waals surface area contributed by atoms with Crippen LogP contribution in [-0.2, 0) is 17.7 Å². The molecule has 1 aromatic rings. The van der Waals surface area contributed by atoms with E-state index in [1.165, 1.54) is 0 Å². The molecule has 2 heterocycles. The van der Waals surface area contributed by atoms with Crippen LogP contribution in [0.5, 0.6) is 0 Å². The summed E-state index contributed by atoms with van der Waals surface area (Å²) < 4.78 is 7.70. The van der Waals surface area contributed by atoms with Crippen molar-refractivity contribution in [3.05, 3.63) is 27.4 Å². The van der Waals surface area contributed by atoms with Crippen LogP contribution in [0.4, 0.5) is 0 Å². The molecule has 1 aromatic heterocycles. The Morgan fingerprint density at radius 1 is 1.50 bits per heavy atom. The third kappa shape index (κ3) is 3.23. The molecule has 4 nitrogen and oxygen atoms in total. The number of nitrogens with zero attached hydrogens (tertiary/aromatic N) is 2. The first-order valence-corrected chi connectivity index (χ1v) is 8.00. The average molecular weight is 299 g/mol. The summed E-state index contributed by atoms with van der Waals surface area (Å²) in [7, 11) is 0. The highest BCUT2D eigenvalue weighted by Gasteiger charge is 2.25. The lowest BCUT2D eigenvalue weighted by Gasteiger charge is -2.27. The first-order valence-electron chi connectivity index (χ1n) is 7.46. The van der Waals surface area contributed by atoms with Gasteiger partial charge in [0.05, 0.1) is 0 Å².